The Morgan fingerprint density at radius 2 is 1.83 bits per heavy atom. The van der Waals surface area contributed by atoms with Gasteiger partial charge in [-0.2, -0.15) is 0 Å². The van der Waals surface area contributed by atoms with E-state index in [0.717, 1.165) is 43.3 Å². The van der Waals surface area contributed by atoms with Crippen LogP contribution in [0.25, 0.3) is 0 Å². The minimum absolute atomic E-state index is 0.136. The number of hydrogen-bond donors (Lipinski definition) is 0. The molecule has 0 unspecified atom stereocenters. The van der Waals surface area contributed by atoms with Crippen molar-refractivity contribution in [3.8, 4) is 5.75 Å². The summed E-state index contributed by atoms with van der Waals surface area (Å²) in [5.74, 6) is 1.82. The van der Waals surface area contributed by atoms with Crippen molar-refractivity contribution in [3.05, 3.63) is 65.2 Å². The van der Waals surface area contributed by atoms with Gasteiger partial charge in [-0.25, -0.2) is 0 Å². The van der Waals surface area contributed by atoms with Gasteiger partial charge >= 0.3 is 0 Å². The van der Waals surface area contributed by atoms with Crippen LogP contribution in [0.2, 0.25) is 0 Å². The highest BCUT2D eigenvalue weighted by atomic mass is 16.5. The summed E-state index contributed by atoms with van der Waals surface area (Å²) < 4.78 is 5.23. The van der Waals surface area contributed by atoms with E-state index in [4.69, 9.17) is 4.74 Å². The zero-order valence-electron chi connectivity index (χ0n) is 18.1. The van der Waals surface area contributed by atoms with Crippen molar-refractivity contribution in [1.82, 2.24) is 9.80 Å². The summed E-state index contributed by atoms with van der Waals surface area (Å²) in [6.45, 7) is 7.16. The highest BCUT2D eigenvalue weighted by Crippen LogP contribution is 2.20. The number of ketones is 1. The van der Waals surface area contributed by atoms with E-state index in [1.165, 1.54) is 37.1 Å². The Balaban J connectivity index is 1.38. The molecule has 0 spiro atoms. The normalized spacial score (nSPS) is 15.6. The highest BCUT2D eigenvalue weighted by Gasteiger charge is 2.20. The lowest BCUT2D eigenvalue weighted by molar-refractivity contribution is 0.101. The first-order chi connectivity index (χ1) is 14.0. The molecule has 0 amide bonds. The van der Waals surface area contributed by atoms with E-state index in [-0.39, 0.29) is 5.78 Å². The van der Waals surface area contributed by atoms with E-state index < -0.39 is 0 Å². The number of carbonyl (C=O) groups excluding carboxylic acids is 1. The van der Waals surface area contributed by atoms with Crippen molar-refractivity contribution in [2.24, 2.45) is 5.92 Å². The Labute approximate surface area is 175 Å². The maximum Gasteiger partial charge on any atom is 0.159 e. The molecule has 1 heterocycles. The minimum atomic E-state index is 0.136. The van der Waals surface area contributed by atoms with Gasteiger partial charge in [0.15, 0.2) is 5.78 Å². The molecule has 0 N–H and O–H groups in total. The quantitative estimate of drug-likeness (QED) is 0.594. The Morgan fingerprint density at radius 1 is 1.10 bits per heavy atom. The smallest absolute Gasteiger partial charge is 0.159 e. The first-order valence-corrected chi connectivity index (χ1v) is 10.7. The predicted molar refractivity (Wildman–Crippen MR) is 119 cm³/mol. The molecule has 4 heteroatoms. The maximum atomic E-state index is 11.6. The number of ether oxygens (including phenoxy) is 1. The van der Waals surface area contributed by atoms with Gasteiger partial charge in [0, 0.05) is 25.2 Å². The van der Waals surface area contributed by atoms with Crippen LogP contribution in [0.15, 0.2) is 48.5 Å². The number of hydrogen-bond acceptors (Lipinski definition) is 4. The lowest BCUT2D eigenvalue weighted by atomic mass is 9.95. The van der Waals surface area contributed by atoms with E-state index >= 15 is 0 Å². The molecule has 0 bridgehead atoms. The fourth-order valence-electron chi connectivity index (χ4n) is 4.18. The number of nitrogens with zero attached hydrogens (tertiary/aromatic N) is 2. The molecule has 1 aliphatic rings. The number of Topliss-reactive ketones (excluding diaryl/α,β-unsaturated/α-hetero) is 1. The van der Waals surface area contributed by atoms with Crippen LogP contribution in [0.4, 0.5) is 0 Å². The first kappa shape index (κ1) is 21.5. The van der Waals surface area contributed by atoms with E-state index in [0.29, 0.717) is 0 Å². The molecule has 0 saturated carbocycles. The topological polar surface area (TPSA) is 32.8 Å². The largest absolute Gasteiger partial charge is 0.497 e. The van der Waals surface area contributed by atoms with Crippen LogP contribution in [-0.2, 0) is 13.0 Å². The van der Waals surface area contributed by atoms with Crippen LogP contribution in [0.3, 0.4) is 0 Å². The SMILES string of the molecule is COc1ccc(CCN2CCC(CN(C)Cc3cccc(C(C)=O)c3)CC2)cc1. The molecule has 0 atom stereocenters. The molecule has 3 rings (SSSR count). The highest BCUT2D eigenvalue weighted by molar-refractivity contribution is 5.94. The van der Waals surface area contributed by atoms with E-state index in [2.05, 4.69) is 35.0 Å². The van der Waals surface area contributed by atoms with Crippen molar-refractivity contribution in [2.75, 3.05) is 40.3 Å². The molecule has 1 aliphatic heterocycles. The van der Waals surface area contributed by atoms with Gasteiger partial charge in [-0.1, -0.05) is 30.3 Å². The van der Waals surface area contributed by atoms with Crippen LogP contribution in [0.5, 0.6) is 5.75 Å². The molecular formula is C25H34N2O2. The summed E-state index contributed by atoms with van der Waals surface area (Å²) in [5.41, 5.74) is 3.40. The van der Waals surface area contributed by atoms with Crippen molar-refractivity contribution >= 4 is 5.78 Å². The molecule has 4 nitrogen and oxygen atoms in total. The van der Waals surface area contributed by atoms with Gasteiger partial charge in [-0.3, -0.25) is 4.79 Å². The number of likely N-dealkylation sites (tertiary alicyclic amines) is 1. The van der Waals surface area contributed by atoms with Gasteiger partial charge in [0.2, 0.25) is 0 Å². The monoisotopic (exact) mass is 394 g/mol. The lowest BCUT2D eigenvalue weighted by Gasteiger charge is -2.34. The number of piperidine rings is 1. The van der Waals surface area contributed by atoms with Crippen LogP contribution in [0, 0.1) is 5.92 Å². The molecule has 2 aromatic rings. The summed E-state index contributed by atoms with van der Waals surface area (Å²) in [5, 5.41) is 0. The standard InChI is InChI=1S/C25H34N2O2/c1-20(28)24-6-4-5-23(17-24)19-26(2)18-22-12-15-27(16-13-22)14-11-21-7-9-25(29-3)10-8-21/h4-10,17,22H,11-16,18-19H2,1-3H3. The molecule has 0 aromatic heterocycles. The summed E-state index contributed by atoms with van der Waals surface area (Å²) in [6, 6.07) is 16.5. The maximum absolute atomic E-state index is 11.6. The lowest BCUT2D eigenvalue weighted by Crippen LogP contribution is -2.38. The Morgan fingerprint density at radius 3 is 2.48 bits per heavy atom. The zero-order valence-corrected chi connectivity index (χ0v) is 18.1. The Bertz CT molecular complexity index is 780. The molecule has 2 aromatic carbocycles. The number of methoxy groups -OCH3 is 1. The average Bonchev–Trinajstić information content (AvgIpc) is 2.73. The van der Waals surface area contributed by atoms with Crippen molar-refractivity contribution in [1.29, 1.82) is 0 Å². The molecule has 156 valence electrons. The third kappa shape index (κ3) is 6.69. The summed E-state index contributed by atoms with van der Waals surface area (Å²) in [4.78, 5) is 16.6. The van der Waals surface area contributed by atoms with Gasteiger partial charge in [0.25, 0.3) is 0 Å². The second-order valence-corrected chi connectivity index (χ2v) is 8.34. The fourth-order valence-corrected chi connectivity index (χ4v) is 4.18. The van der Waals surface area contributed by atoms with Gasteiger partial charge in [0.1, 0.15) is 5.75 Å². The van der Waals surface area contributed by atoms with Crippen LogP contribution < -0.4 is 4.74 Å². The Kier molecular flexibility index (Phi) is 7.84. The van der Waals surface area contributed by atoms with E-state index in [1.54, 1.807) is 14.0 Å². The zero-order chi connectivity index (χ0) is 20.6. The van der Waals surface area contributed by atoms with E-state index in [1.807, 2.05) is 30.3 Å². The second kappa shape index (κ2) is 10.6. The molecule has 0 radical (unpaired) electrons. The minimum Gasteiger partial charge on any atom is -0.497 e. The Hall–Kier alpha value is -2.17. The molecule has 1 fully saturated rings. The number of carbonyl (C=O) groups is 1. The third-order valence-corrected chi connectivity index (χ3v) is 5.94. The van der Waals surface area contributed by atoms with Gasteiger partial charge in [0.05, 0.1) is 7.11 Å². The second-order valence-electron chi connectivity index (χ2n) is 8.34. The third-order valence-electron chi connectivity index (χ3n) is 5.94. The van der Waals surface area contributed by atoms with Gasteiger partial charge in [-0.05, 0) is 81.6 Å². The van der Waals surface area contributed by atoms with Crippen LogP contribution in [0.1, 0.15) is 41.3 Å². The van der Waals surface area contributed by atoms with Crippen molar-refractivity contribution < 1.29 is 9.53 Å². The van der Waals surface area contributed by atoms with E-state index in [9.17, 15) is 4.79 Å². The number of rotatable bonds is 9. The molecule has 29 heavy (non-hydrogen) atoms. The van der Waals surface area contributed by atoms with Crippen molar-refractivity contribution in [2.45, 2.75) is 32.7 Å². The van der Waals surface area contributed by atoms with Crippen molar-refractivity contribution in [3.63, 3.8) is 0 Å². The van der Waals surface area contributed by atoms with Crippen LogP contribution >= 0.6 is 0 Å². The molecule has 1 saturated heterocycles. The van der Waals surface area contributed by atoms with Gasteiger partial charge in [-0.15, -0.1) is 0 Å². The van der Waals surface area contributed by atoms with Gasteiger partial charge < -0.3 is 14.5 Å². The fraction of sp³-hybridized carbons (Fsp3) is 0.480. The average molecular weight is 395 g/mol. The summed E-state index contributed by atoms with van der Waals surface area (Å²) >= 11 is 0. The van der Waals surface area contributed by atoms with Crippen LogP contribution in [-0.4, -0.2) is 55.9 Å². The predicted octanol–water partition coefficient (Wildman–Crippen LogP) is 4.28. The summed E-state index contributed by atoms with van der Waals surface area (Å²) in [6.07, 6.45) is 3.63. The molecular weight excluding hydrogens is 360 g/mol. The number of benzene rings is 2. The first-order valence-electron chi connectivity index (χ1n) is 10.7. The summed E-state index contributed by atoms with van der Waals surface area (Å²) in [7, 11) is 3.90. The molecule has 0 aliphatic carbocycles.